The first kappa shape index (κ1) is 22.0. The van der Waals surface area contributed by atoms with Crippen molar-refractivity contribution in [3.8, 4) is 0 Å². The number of rotatable bonds is 6. The average Bonchev–Trinajstić information content (AvgIpc) is 2.98. The van der Waals surface area contributed by atoms with Crippen LogP contribution < -0.4 is 10.6 Å². The summed E-state index contributed by atoms with van der Waals surface area (Å²) in [4.78, 5) is 7.33. The van der Waals surface area contributed by atoms with Crippen LogP contribution in [0.15, 0.2) is 33.7 Å². The van der Waals surface area contributed by atoms with Gasteiger partial charge in [0.1, 0.15) is 17.9 Å². The molecule has 0 aliphatic carbocycles. The van der Waals surface area contributed by atoms with Gasteiger partial charge in [-0.1, -0.05) is 25.1 Å². The highest BCUT2D eigenvalue weighted by Gasteiger charge is 2.19. The number of benzene rings is 1. The number of piperidine rings is 1. The molecule has 6 heteroatoms. The first-order valence-corrected chi connectivity index (χ1v) is 9.95. The second-order valence-electron chi connectivity index (χ2n) is 7.10. The van der Waals surface area contributed by atoms with E-state index in [0.29, 0.717) is 12.6 Å². The van der Waals surface area contributed by atoms with Gasteiger partial charge in [0.05, 0.1) is 0 Å². The van der Waals surface area contributed by atoms with Gasteiger partial charge in [-0.05, 0) is 45.7 Å². The second kappa shape index (κ2) is 10.9. The highest BCUT2D eigenvalue weighted by atomic mass is 127. The Morgan fingerprint density at radius 3 is 2.63 bits per heavy atom. The number of nitrogens with zero attached hydrogens (tertiary/aromatic N) is 2. The third kappa shape index (κ3) is 5.85. The molecule has 0 atom stereocenters. The monoisotopic (exact) mass is 484 g/mol. The highest BCUT2D eigenvalue weighted by molar-refractivity contribution is 14.0. The van der Waals surface area contributed by atoms with Crippen LogP contribution in [0.25, 0.3) is 11.0 Å². The van der Waals surface area contributed by atoms with Crippen LogP contribution in [-0.2, 0) is 6.54 Å². The minimum Gasteiger partial charge on any atom is -0.459 e. The number of aliphatic imine (C=N–C) groups is 1. The summed E-state index contributed by atoms with van der Waals surface area (Å²) in [5.74, 6) is 1.84. The standard InChI is InChI=1S/C21H32N4O.HI/c1-4-12-25-13-10-17(11-14-25)24-21(22-5-2)23-15-20-16(3)18-8-6-7-9-19(18)26-20;/h6-9,17H,4-5,10-15H2,1-3H3,(H2,22,23,24);1H. The van der Waals surface area contributed by atoms with Crippen molar-refractivity contribution in [1.82, 2.24) is 15.5 Å². The summed E-state index contributed by atoms with van der Waals surface area (Å²) in [6.45, 7) is 11.5. The molecule has 1 aromatic heterocycles. The van der Waals surface area contributed by atoms with Crippen molar-refractivity contribution < 1.29 is 4.42 Å². The maximum Gasteiger partial charge on any atom is 0.191 e. The topological polar surface area (TPSA) is 52.8 Å². The first-order valence-electron chi connectivity index (χ1n) is 9.95. The molecule has 0 saturated carbocycles. The molecule has 1 fully saturated rings. The minimum absolute atomic E-state index is 0. The molecule has 1 saturated heterocycles. The zero-order valence-electron chi connectivity index (χ0n) is 16.8. The molecule has 1 aliphatic rings. The summed E-state index contributed by atoms with van der Waals surface area (Å²) < 4.78 is 5.99. The largest absolute Gasteiger partial charge is 0.459 e. The van der Waals surface area contributed by atoms with Crippen LogP contribution in [0.2, 0.25) is 0 Å². The lowest BCUT2D eigenvalue weighted by Gasteiger charge is -2.32. The predicted octanol–water partition coefficient (Wildman–Crippen LogP) is 4.29. The van der Waals surface area contributed by atoms with Gasteiger partial charge >= 0.3 is 0 Å². The molecule has 2 N–H and O–H groups in total. The predicted molar refractivity (Wildman–Crippen MR) is 124 cm³/mol. The molecule has 5 nitrogen and oxygen atoms in total. The normalized spacial score (nSPS) is 16.3. The number of para-hydroxylation sites is 1. The summed E-state index contributed by atoms with van der Waals surface area (Å²) in [5, 5.41) is 8.17. The fraction of sp³-hybridized carbons (Fsp3) is 0.571. The average molecular weight is 484 g/mol. The van der Waals surface area contributed by atoms with Crippen LogP contribution in [0, 0.1) is 6.92 Å². The smallest absolute Gasteiger partial charge is 0.191 e. The van der Waals surface area contributed by atoms with E-state index < -0.39 is 0 Å². The van der Waals surface area contributed by atoms with Gasteiger partial charge in [-0.25, -0.2) is 4.99 Å². The Labute approximate surface area is 180 Å². The molecular formula is C21H33IN4O. The highest BCUT2D eigenvalue weighted by Crippen LogP contribution is 2.25. The molecule has 0 radical (unpaired) electrons. The number of likely N-dealkylation sites (tertiary alicyclic amines) is 1. The van der Waals surface area contributed by atoms with E-state index in [4.69, 9.17) is 9.41 Å². The van der Waals surface area contributed by atoms with E-state index in [1.807, 2.05) is 12.1 Å². The lowest BCUT2D eigenvalue weighted by atomic mass is 10.1. The van der Waals surface area contributed by atoms with Crippen LogP contribution in [0.3, 0.4) is 0 Å². The molecule has 1 aromatic carbocycles. The number of furan rings is 1. The summed E-state index contributed by atoms with van der Waals surface area (Å²) in [6, 6.07) is 8.68. The zero-order chi connectivity index (χ0) is 18.4. The first-order chi connectivity index (χ1) is 12.7. The Bertz CT molecular complexity index is 735. The maximum atomic E-state index is 5.99. The molecule has 150 valence electrons. The Balaban J connectivity index is 0.00000261. The van der Waals surface area contributed by atoms with Crippen LogP contribution in [0.4, 0.5) is 0 Å². The fourth-order valence-electron chi connectivity index (χ4n) is 3.66. The Morgan fingerprint density at radius 2 is 1.96 bits per heavy atom. The molecule has 2 aromatic rings. The third-order valence-corrected chi connectivity index (χ3v) is 5.14. The van der Waals surface area contributed by atoms with Crippen molar-refractivity contribution in [2.45, 2.75) is 52.6 Å². The number of guanidine groups is 1. The second-order valence-corrected chi connectivity index (χ2v) is 7.10. The van der Waals surface area contributed by atoms with E-state index in [1.54, 1.807) is 0 Å². The van der Waals surface area contributed by atoms with Gasteiger partial charge in [-0.3, -0.25) is 0 Å². The summed E-state index contributed by atoms with van der Waals surface area (Å²) in [7, 11) is 0. The van der Waals surface area contributed by atoms with E-state index in [-0.39, 0.29) is 24.0 Å². The molecule has 0 spiro atoms. The number of halogens is 1. The molecule has 0 amide bonds. The Kier molecular flexibility index (Phi) is 8.89. The summed E-state index contributed by atoms with van der Waals surface area (Å²) >= 11 is 0. The van der Waals surface area contributed by atoms with E-state index in [1.165, 1.54) is 49.8 Å². The number of hydrogen-bond acceptors (Lipinski definition) is 3. The van der Waals surface area contributed by atoms with Crippen molar-refractivity contribution in [3.05, 3.63) is 35.6 Å². The van der Waals surface area contributed by atoms with Gasteiger partial charge in [-0.15, -0.1) is 24.0 Å². The van der Waals surface area contributed by atoms with E-state index >= 15 is 0 Å². The summed E-state index contributed by atoms with van der Waals surface area (Å²) in [5.41, 5.74) is 2.13. The van der Waals surface area contributed by atoms with Gasteiger partial charge in [0.25, 0.3) is 0 Å². The van der Waals surface area contributed by atoms with Crippen LogP contribution in [-0.4, -0.2) is 43.1 Å². The van der Waals surface area contributed by atoms with Gasteiger partial charge < -0.3 is 20.0 Å². The number of fused-ring (bicyclic) bond motifs is 1. The van der Waals surface area contributed by atoms with Crippen molar-refractivity contribution in [1.29, 1.82) is 0 Å². The quantitative estimate of drug-likeness (QED) is 0.365. The van der Waals surface area contributed by atoms with Crippen molar-refractivity contribution in [2.75, 3.05) is 26.2 Å². The lowest BCUT2D eigenvalue weighted by Crippen LogP contribution is -2.48. The lowest BCUT2D eigenvalue weighted by molar-refractivity contribution is 0.206. The van der Waals surface area contributed by atoms with Gasteiger partial charge in [0, 0.05) is 36.6 Å². The van der Waals surface area contributed by atoms with Crippen molar-refractivity contribution >= 4 is 40.9 Å². The molecular weight excluding hydrogens is 451 g/mol. The Hall–Kier alpha value is -1.28. The molecule has 0 unspecified atom stereocenters. The van der Waals surface area contributed by atoms with Crippen molar-refractivity contribution in [2.24, 2.45) is 4.99 Å². The number of hydrogen-bond donors (Lipinski definition) is 2. The van der Waals surface area contributed by atoms with E-state index in [9.17, 15) is 0 Å². The fourth-order valence-corrected chi connectivity index (χ4v) is 3.66. The molecule has 0 bridgehead atoms. The van der Waals surface area contributed by atoms with Crippen LogP contribution in [0.5, 0.6) is 0 Å². The van der Waals surface area contributed by atoms with Gasteiger partial charge in [0.2, 0.25) is 0 Å². The van der Waals surface area contributed by atoms with Gasteiger partial charge in [-0.2, -0.15) is 0 Å². The molecule has 3 rings (SSSR count). The van der Waals surface area contributed by atoms with Crippen LogP contribution >= 0.6 is 24.0 Å². The zero-order valence-corrected chi connectivity index (χ0v) is 19.1. The van der Waals surface area contributed by atoms with Crippen molar-refractivity contribution in [3.63, 3.8) is 0 Å². The third-order valence-electron chi connectivity index (χ3n) is 5.14. The van der Waals surface area contributed by atoms with E-state index in [2.05, 4.69) is 48.4 Å². The Morgan fingerprint density at radius 1 is 1.22 bits per heavy atom. The number of aryl methyl sites for hydroxylation is 1. The SMILES string of the molecule is CCCN1CCC(NC(=NCc2oc3ccccc3c2C)NCC)CC1.I. The summed E-state index contributed by atoms with van der Waals surface area (Å²) in [6.07, 6.45) is 3.58. The molecule has 1 aliphatic heterocycles. The van der Waals surface area contributed by atoms with E-state index in [0.717, 1.165) is 23.8 Å². The minimum atomic E-state index is 0. The molecule has 2 heterocycles. The number of nitrogens with one attached hydrogen (secondary N) is 2. The van der Waals surface area contributed by atoms with Crippen LogP contribution in [0.1, 0.15) is 44.4 Å². The molecule has 27 heavy (non-hydrogen) atoms. The maximum absolute atomic E-state index is 5.99. The van der Waals surface area contributed by atoms with Gasteiger partial charge in [0.15, 0.2) is 5.96 Å².